The van der Waals surface area contributed by atoms with Crippen LogP contribution in [-0.4, -0.2) is 45.8 Å². The van der Waals surface area contributed by atoms with Gasteiger partial charge in [-0.25, -0.2) is 0 Å². The Morgan fingerprint density at radius 3 is 2.78 bits per heavy atom. The van der Waals surface area contributed by atoms with Gasteiger partial charge in [0.25, 0.3) is 5.91 Å². The Balaban J connectivity index is 2.52. The van der Waals surface area contributed by atoms with Gasteiger partial charge >= 0.3 is 0 Å². The number of carbonyl (C=O) groups excluding carboxylic acids is 1. The highest BCUT2D eigenvalue weighted by atomic mass is 16.3. The van der Waals surface area contributed by atoms with Crippen LogP contribution in [0.4, 0.5) is 5.82 Å². The first-order chi connectivity index (χ1) is 8.69. The molecule has 0 unspecified atom stereocenters. The first-order valence-corrected chi connectivity index (χ1v) is 6.40. The van der Waals surface area contributed by atoms with Gasteiger partial charge in [0.05, 0.1) is 6.61 Å². The van der Waals surface area contributed by atoms with Crippen molar-refractivity contribution in [1.29, 1.82) is 0 Å². The Hall–Kier alpha value is -1.56. The summed E-state index contributed by atoms with van der Waals surface area (Å²) in [6.45, 7) is 3.09. The molecule has 0 atom stereocenters. The van der Waals surface area contributed by atoms with E-state index in [1.165, 1.54) is 6.07 Å². The molecule has 0 aromatic carbocycles. The lowest BCUT2D eigenvalue weighted by Gasteiger charge is -2.20. The molecule has 4 N–H and O–H groups in total. The number of H-pyrrole nitrogens is 1. The van der Waals surface area contributed by atoms with Gasteiger partial charge in [-0.15, -0.1) is 0 Å². The fraction of sp³-hybridized carbons (Fsp3) is 0.667. The summed E-state index contributed by atoms with van der Waals surface area (Å²) < 4.78 is 0. The number of nitrogen functional groups attached to an aromatic ring is 1. The lowest BCUT2D eigenvalue weighted by Crippen LogP contribution is -2.34. The van der Waals surface area contributed by atoms with Gasteiger partial charge in [0.1, 0.15) is 11.5 Å². The molecule has 0 aliphatic rings. The number of rotatable bonds is 8. The van der Waals surface area contributed by atoms with Crippen LogP contribution in [0.15, 0.2) is 6.07 Å². The van der Waals surface area contributed by atoms with Crippen LogP contribution in [0.2, 0.25) is 0 Å². The Kier molecular flexibility index (Phi) is 6.21. The summed E-state index contributed by atoms with van der Waals surface area (Å²) in [5.74, 6) is 0.137. The van der Waals surface area contributed by atoms with Gasteiger partial charge in [0, 0.05) is 19.2 Å². The molecule has 18 heavy (non-hydrogen) atoms. The number of carbonyl (C=O) groups is 1. The minimum absolute atomic E-state index is 0.0386. The Bertz CT molecular complexity index is 365. The van der Waals surface area contributed by atoms with Crippen LogP contribution < -0.4 is 5.73 Å². The molecule has 1 aromatic heterocycles. The molecule has 1 amide bonds. The molecule has 6 nitrogen and oxygen atoms in total. The first-order valence-electron chi connectivity index (χ1n) is 6.40. The molecular weight excluding hydrogens is 232 g/mol. The molecule has 0 fully saturated rings. The van der Waals surface area contributed by atoms with Crippen molar-refractivity contribution in [3.05, 3.63) is 11.8 Å². The van der Waals surface area contributed by atoms with Crippen LogP contribution in [0.1, 0.15) is 43.1 Å². The van der Waals surface area contributed by atoms with Crippen molar-refractivity contribution < 1.29 is 9.90 Å². The molecular formula is C12H22N4O2. The normalized spacial score (nSPS) is 10.6. The third kappa shape index (κ3) is 4.37. The quantitative estimate of drug-likeness (QED) is 0.603. The van der Waals surface area contributed by atoms with Crippen molar-refractivity contribution in [3.8, 4) is 0 Å². The number of hydrogen-bond acceptors (Lipinski definition) is 4. The molecule has 0 radical (unpaired) electrons. The third-order valence-corrected chi connectivity index (χ3v) is 2.77. The number of nitrogens with two attached hydrogens (primary N) is 1. The minimum Gasteiger partial charge on any atom is -0.395 e. The van der Waals surface area contributed by atoms with Crippen LogP contribution in [0.3, 0.4) is 0 Å². The van der Waals surface area contributed by atoms with Crippen LogP contribution >= 0.6 is 0 Å². The molecule has 1 aromatic rings. The molecule has 0 saturated carbocycles. The van der Waals surface area contributed by atoms with E-state index in [2.05, 4.69) is 17.1 Å². The predicted octanol–water partition coefficient (Wildman–Crippen LogP) is 1.01. The number of nitrogens with zero attached hydrogens (tertiary/aromatic N) is 2. The van der Waals surface area contributed by atoms with E-state index in [9.17, 15) is 4.79 Å². The van der Waals surface area contributed by atoms with Gasteiger partial charge in [-0.05, 0) is 6.42 Å². The van der Waals surface area contributed by atoms with Gasteiger partial charge in [-0.3, -0.25) is 9.89 Å². The lowest BCUT2D eigenvalue weighted by molar-refractivity contribution is 0.0712. The summed E-state index contributed by atoms with van der Waals surface area (Å²) in [5, 5.41) is 15.3. The average Bonchev–Trinajstić information content (AvgIpc) is 2.79. The van der Waals surface area contributed by atoms with E-state index in [4.69, 9.17) is 10.8 Å². The number of nitrogens with one attached hydrogen (secondary N) is 1. The van der Waals surface area contributed by atoms with Gasteiger partial charge in [-0.2, -0.15) is 5.10 Å². The Labute approximate surface area is 107 Å². The van der Waals surface area contributed by atoms with Gasteiger partial charge in [0.15, 0.2) is 0 Å². The number of amides is 1. The van der Waals surface area contributed by atoms with Crippen molar-refractivity contribution in [2.75, 3.05) is 25.4 Å². The van der Waals surface area contributed by atoms with Crippen molar-refractivity contribution in [2.24, 2.45) is 0 Å². The third-order valence-electron chi connectivity index (χ3n) is 2.77. The van der Waals surface area contributed by atoms with Crippen molar-refractivity contribution in [1.82, 2.24) is 15.1 Å². The van der Waals surface area contributed by atoms with Crippen LogP contribution in [-0.2, 0) is 0 Å². The van der Waals surface area contributed by atoms with E-state index in [0.717, 1.165) is 25.7 Å². The number of aliphatic hydroxyl groups excluding tert-OH is 1. The van der Waals surface area contributed by atoms with E-state index >= 15 is 0 Å². The van der Waals surface area contributed by atoms with Crippen LogP contribution in [0.25, 0.3) is 0 Å². The zero-order chi connectivity index (χ0) is 13.4. The molecule has 6 heteroatoms. The summed E-state index contributed by atoms with van der Waals surface area (Å²) in [6.07, 6.45) is 4.36. The van der Waals surface area contributed by atoms with Crippen LogP contribution in [0, 0.1) is 0 Å². The van der Waals surface area contributed by atoms with Gasteiger partial charge in [-0.1, -0.05) is 26.2 Å². The number of hydrogen-bond donors (Lipinski definition) is 3. The maximum Gasteiger partial charge on any atom is 0.272 e. The first kappa shape index (κ1) is 14.5. The fourth-order valence-electron chi connectivity index (χ4n) is 1.78. The number of unbranched alkanes of at least 4 members (excludes halogenated alkanes) is 3. The number of aromatic amines is 1. The largest absolute Gasteiger partial charge is 0.395 e. The molecule has 102 valence electrons. The Morgan fingerprint density at radius 2 is 2.22 bits per heavy atom. The zero-order valence-corrected chi connectivity index (χ0v) is 10.9. The fourth-order valence-corrected chi connectivity index (χ4v) is 1.78. The molecule has 1 rings (SSSR count). The highest BCUT2D eigenvalue weighted by Gasteiger charge is 2.16. The van der Waals surface area contributed by atoms with E-state index in [1.54, 1.807) is 4.90 Å². The van der Waals surface area contributed by atoms with Crippen LogP contribution in [0.5, 0.6) is 0 Å². The molecule has 1 heterocycles. The SMILES string of the molecule is CCCCCCN(CCO)C(=O)c1cc(N)n[nH]1. The number of anilines is 1. The monoisotopic (exact) mass is 254 g/mol. The molecule has 0 aliphatic heterocycles. The van der Waals surface area contributed by atoms with Gasteiger partial charge < -0.3 is 15.7 Å². The Morgan fingerprint density at radius 1 is 1.44 bits per heavy atom. The zero-order valence-electron chi connectivity index (χ0n) is 10.9. The van der Waals surface area contributed by atoms with E-state index in [-0.39, 0.29) is 12.5 Å². The average molecular weight is 254 g/mol. The number of aromatic nitrogens is 2. The van der Waals surface area contributed by atoms with Crippen molar-refractivity contribution in [3.63, 3.8) is 0 Å². The second kappa shape index (κ2) is 7.71. The molecule has 0 bridgehead atoms. The minimum atomic E-state index is -0.162. The maximum atomic E-state index is 12.1. The van der Waals surface area contributed by atoms with E-state index in [1.807, 2.05) is 0 Å². The second-order valence-electron chi connectivity index (χ2n) is 4.28. The summed E-state index contributed by atoms with van der Waals surface area (Å²) in [7, 11) is 0. The standard InChI is InChI=1S/C12H22N4O2/c1-2-3-4-5-6-16(7-8-17)12(18)10-9-11(13)15-14-10/h9,17H,2-8H2,1H3,(H3,13,14,15). The van der Waals surface area contributed by atoms with Crippen molar-refractivity contribution >= 4 is 11.7 Å². The summed E-state index contributed by atoms with van der Waals surface area (Å²) in [6, 6.07) is 1.51. The highest BCUT2D eigenvalue weighted by molar-refractivity contribution is 5.92. The van der Waals surface area contributed by atoms with Crippen molar-refractivity contribution in [2.45, 2.75) is 32.6 Å². The highest BCUT2D eigenvalue weighted by Crippen LogP contribution is 2.07. The van der Waals surface area contributed by atoms with E-state index < -0.39 is 0 Å². The summed E-state index contributed by atoms with van der Waals surface area (Å²) in [4.78, 5) is 13.7. The number of aliphatic hydroxyl groups is 1. The smallest absolute Gasteiger partial charge is 0.272 e. The second-order valence-corrected chi connectivity index (χ2v) is 4.28. The maximum absolute atomic E-state index is 12.1. The summed E-state index contributed by atoms with van der Waals surface area (Å²) >= 11 is 0. The van der Waals surface area contributed by atoms with Gasteiger partial charge in [0.2, 0.25) is 0 Å². The summed E-state index contributed by atoms with van der Waals surface area (Å²) in [5.41, 5.74) is 5.84. The predicted molar refractivity (Wildman–Crippen MR) is 70.1 cm³/mol. The molecule has 0 spiro atoms. The topological polar surface area (TPSA) is 95.2 Å². The molecule has 0 aliphatic carbocycles. The molecule has 0 saturated heterocycles. The van der Waals surface area contributed by atoms with E-state index in [0.29, 0.717) is 24.6 Å². The lowest BCUT2D eigenvalue weighted by atomic mass is 10.2.